The van der Waals surface area contributed by atoms with Gasteiger partial charge in [0.15, 0.2) is 0 Å². The van der Waals surface area contributed by atoms with E-state index in [9.17, 15) is 23.8 Å². The van der Waals surface area contributed by atoms with Crippen LogP contribution >= 0.6 is 0 Å². The number of methoxy groups -OCH3 is 1. The highest BCUT2D eigenvalue weighted by Crippen LogP contribution is 2.27. The first-order chi connectivity index (χ1) is 16.5. The first-order valence-corrected chi connectivity index (χ1v) is 10.8. The van der Waals surface area contributed by atoms with Gasteiger partial charge >= 0.3 is 5.97 Å². The molecule has 176 valence electrons. The minimum atomic E-state index is -0.877. The molecule has 6 heteroatoms. The van der Waals surface area contributed by atoms with Crippen LogP contribution in [-0.2, 0) is 17.6 Å². The molecule has 0 radical (unpaired) electrons. The molecule has 0 spiro atoms. The Kier molecular flexibility index (Phi) is 8.85. The molecule has 0 saturated heterocycles. The molecule has 0 aliphatic carbocycles. The molecule has 0 atom stereocenters. The average Bonchev–Trinajstić information content (AvgIpc) is 2.87. The van der Waals surface area contributed by atoms with Gasteiger partial charge < -0.3 is 14.9 Å². The quantitative estimate of drug-likeness (QED) is 0.438. The smallest absolute Gasteiger partial charge is 0.338 e. The lowest BCUT2D eigenvalue weighted by Gasteiger charge is -2.15. The molecule has 2 N–H and O–H groups in total. The van der Waals surface area contributed by atoms with Crippen molar-refractivity contribution in [3.63, 3.8) is 0 Å². The maximum Gasteiger partial charge on any atom is 0.338 e. The van der Waals surface area contributed by atoms with Crippen LogP contribution in [0.5, 0.6) is 0 Å². The number of allylic oxidation sites excluding steroid dienone is 2. The summed E-state index contributed by atoms with van der Waals surface area (Å²) >= 11 is 0. The summed E-state index contributed by atoms with van der Waals surface area (Å²) in [4.78, 5) is 12.6. The van der Waals surface area contributed by atoms with Crippen LogP contribution in [0, 0.1) is 11.6 Å². The minimum absolute atomic E-state index is 0.0243. The molecule has 0 heterocycles. The number of hydrogen-bond acceptors (Lipinski definition) is 4. The van der Waals surface area contributed by atoms with Crippen molar-refractivity contribution in [2.45, 2.75) is 12.8 Å². The van der Waals surface area contributed by atoms with E-state index in [0.717, 1.165) is 24.3 Å². The zero-order valence-corrected chi connectivity index (χ0v) is 18.8. The van der Waals surface area contributed by atoms with E-state index in [0.29, 0.717) is 11.1 Å². The number of aliphatic hydroxyl groups excluding tert-OH is 2. The van der Waals surface area contributed by atoms with Gasteiger partial charge in [0.2, 0.25) is 0 Å². The number of carbonyl (C=O) groups is 1. The first kappa shape index (κ1) is 25.0. The number of ether oxygens (including phenoxy) is 1. The number of hydrogen-bond donors (Lipinski definition) is 2. The number of rotatable bonds is 9. The Morgan fingerprint density at radius 1 is 0.794 bits per heavy atom. The van der Waals surface area contributed by atoms with Crippen molar-refractivity contribution in [3.8, 4) is 0 Å². The second-order valence-corrected chi connectivity index (χ2v) is 7.58. The summed E-state index contributed by atoms with van der Waals surface area (Å²) < 4.78 is 34.6. The monoisotopic (exact) mass is 464 g/mol. The molecule has 0 unspecified atom stereocenters. The van der Waals surface area contributed by atoms with Gasteiger partial charge in [-0.25, -0.2) is 13.6 Å². The van der Waals surface area contributed by atoms with Crippen LogP contribution in [0.2, 0.25) is 0 Å². The van der Waals surface area contributed by atoms with Crippen molar-refractivity contribution in [2.24, 2.45) is 0 Å². The van der Waals surface area contributed by atoms with E-state index in [4.69, 9.17) is 4.74 Å². The molecule has 0 aromatic heterocycles. The highest BCUT2D eigenvalue weighted by atomic mass is 19.1. The number of esters is 1. The normalized spacial score (nSPS) is 12.0. The fourth-order valence-electron chi connectivity index (χ4n) is 3.76. The van der Waals surface area contributed by atoms with Crippen LogP contribution in [0.1, 0.15) is 32.6 Å². The highest BCUT2D eigenvalue weighted by molar-refractivity contribution is 5.93. The van der Waals surface area contributed by atoms with Crippen molar-refractivity contribution in [2.75, 3.05) is 20.3 Å². The third kappa shape index (κ3) is 5.84. The molecular formula is C28H26F2O4. The van der Waals surface area contributed by atoms with Gasteiger partial charge in [-0.3, -0.25) is 0 Å². The van der Waals surface area contributed by atoms with Crippen molar-refractivity contribution in [1.82, 2.24) is 0 Å². The van der Waals surface area contributed by atoms with E-state index < -0.39 is 17.6 Å². The minimum Gasteiger partial charge on any atom is -0.465 e. The van der Waals surface area contributed by atoms with Crippen molar-refractivity contribution >= 4 is 17.1 Å². The molecule has 4 nitrogen and oxygen atoms in total. The maximum absolute atomic E-state index is 14.9. The molecule has 0 amide bonds. The van der Waals surface area contributed by atoms with Gasteiger partial charge in [0.1, 0.15) is 11.6 Å². The van der Waals surface area contributed by atoms with Crippen LogP contribution in [-0.4, -0.2) is 36.5 Å². The molecule has 3 aromatic carbocycles. The maximum atomic E-state index is 14.9. The van der Waals surface area contributed by atoms with Gasteiger partial charge in [0.05, 0.1) is 25.9 Å². The fraction of sp³-hybridized carbons (Fsp3) is 0.179. The third-order valence-electron chi connectivity index (χ3n) is 5.56. The molecule has 0 bridgehead atoms. The van der Waals surface area contributed by atoms with Gasteiger partial charge in [-0.15, -0.1) is 0 Å². The SMILES string of the molecule is COC(=O)c1c(CC=C(CO)c2ccccc2)c(F)cc(F)c1C/C=C(\CO)c1ccccc1. The zero-order valence-electron chi connectivity index (χ0n) is 18.8. The highest BCUT2D eigenvalue weighted by Gasteiger charge is 2.24. The predicted octanol–water partition coefficient (Wildman–Crippen LogP) is 4.99. The summed E-state index contributed by atoms with van der Waals surface area (Å²) in [6, 6.07) is 18.9. The molecule has 0 saturated carbocycles. The van der Waals surface area contributed by atoms with E-state index in [1.165, 1.54) is 0 Å². The largest absolute Gasteiger partial charge is 0.465 e. The lowest BCUT2D eigenvalue weighted by atomic mass is 9.93. The van der Waals surface area contributed by atoms with Crippen LogP contribution < -0.4 is 0 Å². The molecule has 3 rings (SSSR count). The number of benzene rings is 3. The van der Waals surface area contributed by atoms with Crippen LogP contribution in [0.4, 0.5) is 8.78 Å². The topological polar surface area (TPSA) is 66.8 Å². The molecule has 0 aliphatic heterocycles. The second-order valence-electron chi connectivity index (χ2n) is 7.58. The fourth-order valence-corrected chi connectivity index (χ4v) is 3.76. The van der Waals surface area contributed by atoms with E-state index in [-0.39, 0.29) is 42.7 Å². The second kappa shape index (κ2) is 12.0. The first-order valence-electron chi connectivity index (χ1n) is 10.8. The Balaban J connectivity index is 2.06. The number of aliphatic hydroxyl groups is 2. The van der Waals surface area contributed by atoms with Gasteiger partial charge in [0.25, 0.3) is 0 Å². The van der Waals surface area contributed by atoms with Gasteiger partial charge in [-0.05, 0) is 35.1 Å². The summed E-state index contributed by atoms with van der Waals surface area (Å²) in [5.41, 5.74) is 2.37. The van der Waals surface area contributed by atoms with Gasteiger partial charge in [-0.2, -0.15) is 0 Å². The molecule has 3 aromatic rings. The summed E-state index contributed by atoms with van der Waals surface area (Å²) in [5.74, 6) is -2.61. The van der Waals surface area contributed by atoms with Gasteiger partial charge in [0, 0.05) is 17.2 Å². The number of carbonyl (C=O) groups excluding carboxylic acids is 1. The summed E-state index contributed by atoms with van der Waals surface area (Å²) in [6.07, 6.45) is 3.12. The lowest BCUT2D eigenvalue weighted by molar-refractivity contribution is 0.0597. The van der Waals surface area contributed by atoms with Crippen molar-refractivity contribution in [1.29, 1.82) is 0 Å². The average molecular weight is 465 g/mol. The van der Waals surface area contributed by atoms with Crippen molar-refractivity contribution < 1.29 is 28.5 Å². The van der Waals surface area contributed by atoms with E-state index in [1.54, 1.807) is 36.4 Å². The van der Waals surface area contributed by atoms with E-state index in [1.807, 2.05) is 36.4 Å². The van der Waals surface area contributed by atoms with Crippen LogP contribution in [0.3, 0.4) is 0 Å². The Bertz CT molecular complexity index is 1100. The molecular weight excluding hydrogens is 438 g/mol. The van der Waals surface area contributed by atoms with Gasteiger partial charge in [-0.1, -0.05) is 72.8 Å². The zero-order chi connectivity index (χ0) is 24.5. The predicted molar refractivity (Wildman–Crippen MR) is 128 cm³/mol. The van der Waals surface area contributed by atoms with E-state index in [2.05, 4.69) is 0 Å². The lowest BCUT2D eigenvalue weighted by Crippen LogP contribution is -2.14. The Morgan fingerprint density at radius 2 is 1.21 bits per heavy atom. The Hall–Kier alpha value is -3.61. The Labute approximate surface area is 197 Å². The van der Waals surface area contributed by atoms with Crippen LogP contribution in [0.15, 0.2) is 78.9 Å². The molecule has 34 heavy (non-hydrogen) atoms. The number of halogens is 2. The summed E-state index contributed by atoms with van der Waals surface area (Å²) in [7, 11) is 1.15. The standard InChI is InChI=1S/C28H26F2O4/c1-34-28(33)27-23(14-12-21(17-31)19-8-4-2-5-9-19)25(29)16-26(30)24(27)15-13-22(18-32)20-10-6-3-7-11-20/h2-13,16,31-32H,14-15,17-18H2,1H3/b21-12+,22-13?. The summed E-state index contributed by atoms with van der Waals surface area (Å²) in [6.45, 7) is -0.570. The molecule has 0 aliphatic rings. The molecule has 0 fully saturated rings. The van der Waals surface area contributed by atoms with Crippen LogP contribution in [0.25, 0.3) is 11.1 Å². The Morgan fingerprint density at radius 3 is 1.56 bits per heavy atom. The van der Waals surface area contributed by atoms with Crippen molar-refractivity contribution in [3.05, 3.63) is 118 Å². The third-order valence-corrected chi connectivity index (χ3v) is 5.56. The van der Waals surface area contributed by atoms with E-state index >= 15 is 0 Å². The summed E-state index contributed by atoms with van der Waals surface area (Å²) in [5, 5.41) is 19.6.